The molecule has 0 unspecified atom stereocenters. The second kappa shape index (κ2) is 10.9. The Balaban J connectivity index is 1.52. The number of carboxylic acid groups (broad SMARTS) is 1. The Hall–Kier alpha value is -4.80. The number of imidazole rings is 1. The van der Waals surface area contributed by atoms with Crippen LogP contribution in [0.1, 0.15) is 61.4 Å². The lowest BCUT2D eigenvalue weighted by atomic mass is 10.0. The molecule has 2 N–H and O–H groups in total. The first-order chi connectivity index (χ1) is 18.9. The van der Waals surface area contributed by atoms with Crippen LogP contribution >= 0.6 is 0 Å². The molecule has 0 saturated heterocycles. The predicted molar refractivity (Wildman–Crippen MR) is 146 cm³/mol. The van der Waals surface area contributed by atoms with Crippen LogP contribution in [0.3, 0.4) is 0 Å². The van der Waals surface area contributed by atoms with Gasteiger partial charge in [-0.3, -0.25) is 14.1 Å². The van der Waals surface area contributed by atoms with Crippen LogP contribution in [0.2, 0.25) is 0 Å². The fourth-order valence-corrected chi connectivity index (χ4v) is 4.74. The minimum absolute atomic E-state index is 0.0210. The number of unbranched alkanes of at least 4 members (excludes halogenated alkanes) is 1. The number of nitrogens with zero attached hydrogens (tertiary/aromatic N) is 7. The summed E-state index contributed by atoms with van der Waals surface area (Å²) >= 11 is 0. The van der Waals surface area contributed by atoms with Gasteiger partial charge in [0.05, 0.1) is 12.2 Å². The van der Waals surface area contributed by atoms with Crippen LogP contribution in [0.5, 0.6) is 0 Å². The summed E-state index contributed by atoms with van der Waals surface area (Å²) in [6.45, 7) is 6.28. The van der Waals surface area contributed by atoms with Crippen molar-refractivity contribution < 1.29 is 9.90 Å². The Labute approximate surface area is 224 Å². The van der Waals surface area contributed by atoms with E-state index in [-0.39, 0.29) is 23.8 Å². The number of H-pyrrole nitrogens is 1. The summed E-state index contributed by atoms with van der Waals surface area (Å²) in [4.78, 5) is 30.4. The van der Waals surface area contributed by atoms with Crippen molar-refractivity contribution in [2.24, 2.45) is 0 Å². The van der Waals surface area contributed by atoms with Gasteiger partial charge >= 0.3 is 11.7 Å². The average Bonchev–Trinajstić information content (AvgIpc) is 3.68. The van der Waals surface area contributed by atoms with Gasteiger partial charge in [0.15, 0.2) is 5.82 Å². The second-order valence-corrected chi connectivity index (χ2v) is 9.66. The Morgan fingerprint density at radius 2 is 1.90 bits per heavy atom. The molecule has 39 heavy (non-hydrogen) atoms. The smallest absolute Gasteiger partial charge is 0.339 e. The van der Waals surface area contributed by atoms with Crippen molar-refractivity contribution in [3.8, 4) is 28.3 Å². The highest BCUT2D eigenvalue weighted by atomic mass is 16.4. The van der Waals surface area contributed by atoms with Crippen LogP contribution in [0, 0.1) is 0 Å². The molecular formula is C28H30N8O3. The molecule has 200 valence electrons. The molecule has 0 bridgehead atoms. The van der Waals surface area contributed by atoms with E-state index < -0.39 is 5.97 Å². The number of hydrogen-bond acceptors (Lipinski definition) is 6. The minimum atomic E-state index is -1.07. The summed E-state index contributed by atoms with van der Waals surface area (Å²) < 4.78 is 4.97. The number of nitrogens with one attached hydrogen (secondary N) is 1. The lowest BCUT2D eigenvalue weighted by Crippen LogP contribution is -2.27. The number of pyridine rings is 1. The molecule has 0 atom stereocenters. The number of aryl methyl sites for hydroxylation is 1. The van der Waals surface area contributed by atoms with E-state index in [9.17, 15) is 14.7 Å². The van der Waals surface area contributed by atoms with Crippen LogP contribution < -0.4 is 5.69 Å². The molecule has 0 spiro atoms. The van der Waals surface area contributed by atoms with Crippen LogP contribution in [0.4, 0.5) is 0 Å². The van der Waals surface area contributed by atoms with Crippen molar-refractivity contribution in [1.82, 2.24) is 39.3 Å². The molecule has 0 amide bonds. The standard InChI is InChI=1S/C28H30N8O3/c1-4-5-8-21-17-36(26-24(27(37)38)13-14-34(26)18(2)3)28(39)35(21)16-20-12-11-19(15-29-20)22-9-6-7-10-23(22)25-30-32-33-31-25/h6-7,9-15,17-18H,4-5,8,16H2,1-3H3,(H,37,38)(H,30,31,32,33). The third-order valence-corrected chi connectivity index (χ3v) is 6.73. The van der Waals surface area contributed by atoms with Gasteiger partial charge in [0.2, 0.25) is 0 Å². The summed E-state index contributed by atoms with van der Waals surface area (Å²) in [5.74, 6) is -0.145. The van der Waals surface area contributed by atoms with E-state index in [1.807, 2.05) is 54.8 Å². The minimum Gasteiger partial charge on any atom is -0.478 e. The highest BCUT2D eigenvalue weighted by Gasteiger charge is 2.23. The van der Waals surface area contributed by atoms with Crippen molar-refractivity contribution in [2.75, 3.05) is 0 Å². The van der Waals surface area contributed by atoms with Crippen molar-refractivity contribution in [3.63, 3.8) is 0 Å². The molecule has 11 nitrogen and oxygen atoms in total. The molecule has 0 aliphatic carbocycles. The van der Waals surface area contributed by atoms with E-state index in [0.29, 0.717) is 23.8 Å². The molecule has 4 heterocycles. The molecule has 0 aliphatic heterocycles. The van der Waals surface area contributed by atoms with Gasteiger partial charge in [-0.2, -0.15) is 0 Å². The van der Waals surface area contributed by atoms with Gasteiger partial charge in [0, 0.05) is 41.5 Å². The molecule has 0 radical (unpaired) electrons. The van der Waals surface area contributed by atoms with Gasteiger partial charge in [-0.1, -0.05) is 43.7 Å². The molecule has 0 saturated carbocycles. The number of benzene rings is 1. The molecule has 0 aliphatic rings. The molecule has 5 rings (SSSR count). The summed E-state index contributed by atoms with van der Waals surface area (Å²) in [7, 11) is 0. The highest BCUT2D eigenvalue weighted by molar-refractivity contribution is 5.91. The van der Waals surface area contributed by atoms with Crippen molar-refractivity contribution >= 4 is 5.97 Å². The molecule has 0 fully saturated rings. The zero-order valence-electron chi connectivity index (χ0n) is 22.1. The normalized spacial score (nSPS) is 11.4. The van der Waals surface area contributed by atoms with E-state index in [0.717, 1.165) is 35.2 Å². The van der Waals surface area contributed by atoms with Crippen molar-refractivity contribution in [2.45, 2.75) is 52.6 Å². The van der Waals surface area contributed by atoms with Gasteiger partial charge in [-0.15, -0.1) is 5.10 Å². The number of carbonyl (C=O) groups is 1. The first-order valence-corrected chi connectivity index (χ1v) is 12.9. The zero-order valence-corrected chi connectivity index (χ0v) is 22.1. The molecule has 5 aromatic rings. The Morgan fingerprint density at radius 1 is 1.10 bits per heavy atom. The molecular weight excluding hydrogens is 496 g/mol. The van der Waals surface area contributed by atoms with E-state index in [1.165, 1.54) is 4.57 Å². The van der Waals surface area contributed by atoms with Crippen LogP contribution in [0.15, 0.2) is 65.8 Å². The zero-order chi connectivity index (χ0) is 27.5. The third kappa shape index (κ3) is 5.02. The van der Waals surface area contributed by atoms with Gasteiger partial charge < -0.3 is 9.67 Å². The van der Waals surface area contributed by atoms with Crippen LogP contribution in [0.25, 0.3) is 28.3 Å². The van der Waals surface area contributed by atoms with Gasteiger partial charge in [0.1, 0.15) is 11.4 Å². The lowest BCUT2D eigenvalue weighted by Gasteiger charge is -2.13. The van der Waals surface area contributed by atoms with Crippen LogP contribution in [-0.2, 0) is 13.0 Å². The summed E-state index contributed by atoms with van der Waals surface area (Å²) in [5.41, 5.74) is 4.03. The number of aromatic amines is 1. The van der Waals surface area contributed by atoms with Gasteiger partial charge in [0.25, 0.3) is 0 Å². The van der Waals surface area contributed by atoms with Crippen molar-refractivity contribution in [3.05, 3.63) is 88.5 Å². The maximum atomic E-state index is 13.7. The number of aromatic nitrogens is 8. The summed E-state index contributed by atoms with van der Waals surface area (Å²) in [5, 5.41) is 24.0. The molecule has 1 aromatic carbocycles. The van der Waals surface area contributed by atoms with E-state index in [1.54, 1.807) is 29.2 Å². The van der Waals surface area contributed by atoms with E-state index in [4.69, 9.17) is 0 Å². The average molecular weight is 527 g/mol. The van der Waals surface area contributed by atoms with E-state index >= 15 is 0 Å². The predicted octanol–water partition coefficient (Wildman–Crippen LogP) is 4.35. The lowest BCUT2D eigenvalue weighted by molar-refractivity contribution is 0.0697. The van der Waals surface area contributed by atoms with E-state index in [2.05, 4.69) is 32.5 Å². The number of rotatable bonds is 10. The first-order valence-electron chi connectivity index (χ1n) is 12.9. The number of aromatic carboxylic acids is 1. The number of tetrazole rings is 1. The Morgan fingerprint density at radius 3 is 2.54 bits per heavy atom. The van der Waals surface area contributed by atoms with Gasteiger partial charge in [-0.05, 0) is 54.8 Å². The van der Waals surface area contributed by atoms with Crippen molar-refractivity contribution in [1.29, 1.82) is 0 Å². The Bertz CT molecular complexity index is 1640. The third-order valence-electron chi connectivity index (χ3n) is 6.73. The topological polar surface area (TPSA) is 137 Å². The maximum Gasteiger partial charge on any atom is 0.339 e. The summed E-state index contributed by atoms with van der Waals surface area (Å²) in [6, 6.07) is 13.2. The fraction of sp³-hybridized carbons (Fsp3) is 0.286. The van der Waals surface area contributed by atoms with Crippen LogP contribution in [-0.4, -0.2) is 50.4 Å². The Kier molecular flexibility index (Phi) is 7.22. The quantitative estimate of drug-likeness (QED) is 0.276. The highest BCUT2D eigenvalue weighted by Crippen LogP contribution is 2.29. The second-order valence-electron chi connectivity index (χ2n) is 9.66. The maximum absolute atomic E-state index is 13.7. The fourth-order valence-electron chi connectivity index (χ4n) is 4.74. The molecule has 11 heteroatoms. The SMILES string of the molecule is CCCCc1cn(-c2c(C(=O)O)ccn2C(C)C)c(=O)n1Cc1ccc(-c2ccccc2-c2nnn[nH]2)cn1. The molecule has 4 aromatic heterocycles. The largest absolute Gasteiger partial charge is 0.478 e. The summed E-state index contributed by atoms with van der Waals surface area (Å²) in [6.07, 6.45) is 7.83. The number of hydrogen-bond donors (Lipinski definition) is 2. The van der Waals surface area contributed by atoms with Gasteiger partial charge in [-0.25, -0.2) is 14.7 Å². The first kappa shape index (κ1) is 25.8. The number of carboxylic acids is 1. The monoisotopic (exact) mass is 526 g/mol.